The van der Waals surface area contributed by atoms with Gasteiger partial charge in [-0.05, 0) is 36.8 Å². The van der Waals surface area contributed by atoms with E-state index in [9.17, 15) is 9.59 Å². The first kappa shape index (κ1) is 23.3. The molecular weight excluding hydrogens is 456 g/mol. The predicted molar refractivity (Wildman–Crippen MR) is 136 cm³/mol. The van der Waals surface area contributed by atoms with Gasteiger partial charge in [-0.1, -0.05) is 62.7 Å². The Bertz CT molecular complexity index is 1230. The number of aromatic nitrogens is 2. The fraction of sp³-hybridized carbons (Fsp3) is 0.333. The molecule has 0 aliphatic carbocycles. The summed E-state index contributed by atoms with van der Waals surface area (Å²) in [6.45, 7) is 3.14. The van der Waals surface area contributed by atoms with Gasteiger partial charge in [-0.3, -0.25) is 18.9 Å². The molecule has 0 unspecified atom stereocenters. The third-order valence-electron chi connectivity index (χ3n) is 5.41. The van der Waals surface area contributed by atoms with Crippen molar-refractivity contribution in [3.8, 4) is 0 Å². The summed E-state index contributed by atoms with van der Waals surface area (Å²) in [5.41, 5.74) is 0.572. The lowest BCUT2D eigenvalue weighted by atomic mass is 10.1. The minimum Gasteiger partial charge on any atom is -0.467 e. The standard InChI is InChI=1S/C24H26N4O3S2/c1-2-3-4-5-7-13-28-23(30)19(33-24(28)32)15-18-21(25-16-17-10-9-14-31-17)26-20-11-6-8-12-27(20)22(18)29/h6,8-12,14-15,25H,2-5,7,13,16H2,1H3/b19-15+. The minimum atomic E-state index is -0.257. The molecular formula is C24H26N4O3S2. The molecule has 1 fully saturated rings. The number of thiocarbonyl (C=S) groups is 1. The molecule has 7 nitrogen and oxygen atoms in total. The summed E-state index contributed by atoms with van der Waals surface area (Å²) in [6.07, 6.45) is 10.4. The second kappa shape index (κ2) is 10.8. The van der Waals surface area contributed by atoms with E-state index in [1.54, 1.807) is 41.6 Å². The van der Waals surface area contributed by atoms with Crippen molar-refractivity contribution in [1.29, 1.82) is 0 Å². The van der Waals surface area contributed by atoms with Gasteiger partial charge in [0, 0.05) is 12.7 Å². The maximum absolute atomic E-state index is 13.3. The Morgan fingerprint density at radius 2 is 2.00 bits per heavy atom. The Kier molecular flexibility index (Phi) is 7.61. The van der Waals surface area contributed by atoms with Gasteiger partial charge in [-0.15, -0.1) is 0 Å². The average molecular weight is 483 g/mol. The van der Waals surface area contributed by atoms with Gasteiger partial charge in [-0.2, -0.15) is 0 Å². The molecule has 0 spiro atoms. The van der Waals surface area contributed by atoms with Crippen molar-refractivity contribution < 1.29 is 9.21 Å². The number of nitrogens with one attached hydrogen (secondary N) is 1. The molecule has 0 aromatic carbocycles. The number of carbonyl (C=O) groups excluding carboxylic acids is 1. The molecule has 1 aliphatic heterocycles. The zero-order valence-corrected chi connectivity index (χ0v) is 20.1. The maximum atomic E-state index is 13.3. The van der Waals surface area contributed by atoms with Crippen molar-refractivity contribution >= 4 is 51.7 Å². The molecule has 1 saturated heterocycles. The summed E-state index contributed by atoms with van der Waals surface area (Å²) in [7, 11) is 0. The van der Waals surface area contributed by atoms with Crippen LogP contribution in [-0.4, -0.2) is 31.1 Å². The molecule has 33 heavy (non-hydrogen) atoms. The number of unbranched alkanes of at least 4 members (excludes halogenated alkanes) is 4. The maximum Gasteiger partial charge on any atom is 0.267 e. The average Bonchev–Trinajstić information content (AvgIpc) is 3.43. The summed E-state index contributed by atoms with van der Waals surface area (Å²) in [4.78, 5) is 33.0. The molecule has 3 aromatic heterocycles. The molecule has 9 heteroatoms. The number of hydrogen-bond donors (Lipinski definition) is 1. The predicted octanol–water partition coefficient (Wildman–Crippen LogP) is 5.07. The van der Waals surface area contributed by atoms with Gasteiger partial charge < -0.3 is 9.73 Å². The second-order valence-electron chi connectivity index (χ2n) is 7.79. The molecule has 0 radical (unpaired) electrons. The Balaban J connectivity index is 1.61. The van der Waals surface area contributed by atoms with Crippen LogP contribution in [0.15, 0.2) is 56.9 Å². The number of rotatable bonds is 10. The fourth-order valence-corrected chi connectivity index (χ4v) is 4.94. The molecule has 4 rings (SSSR count). The lowest BCUT2D eigenvalue weighted by Gasteiger charge is -2.14. The molecule has 4 heterocycles. The Hall–Kier alpha value is -2.91. The molecule has 1 N–H and O–H groups in total. The van der Waals surface area contributed by atoms with Gasteiger partial charge in [-0.25, -0.2) is 4.98 Å². The summed E-state index contributed by atoms with van der Waals surface area (Å²) in [5.74, 6) is 0.952. The van der Waals surface area contributed by atoms with Crippen LogP contribution in [0.4, 0.5) is 5.82 Å². The minimum absolute atomic E-state index is 0.157. The molecule has 0 saturated carbocycles. The number of thioether (sulfide) groups is 1. The van der Waals surface area contributed by atoms with E-state index >= 15 is 0 Å². The highest BCUT2D eigenvalue weighted by molar-refractivity contribution is 8.26. The van der Waals surface area contributed by atoms with Gasteiger partial charge in [0.15, 0.2) is 0 Å². The van der Waals surface area contributed by atoms with Crippen LogP contribution in [0.5, 0.6) is 0 Å². The van der Waals surface area contributed by atoms with Crippen molar-refractivity contribution in [2.45, 2.75) is 45.6 Å². The number of furan rings is 1. The van der Waals surface area contributed by atoms with Crippen LogP contribution in [0.2, 0.25) is 0 Å². The van der Waals surface area contributed by atoms with Crippen LogP contribution in [0.3, 0.4) is 0 Å². The Morgan fingerprint density at radius 1 is 1.15 bits per heavy atom. The highest BCUT2D eigenvalue weighted by Crippen LogP contribution is 2.33. The van der Waals surface area contributed by atoms with Crippen molar-refractivity contribution in [1.82, 2.24) is 14.3 Å². The zero-order valence-electron chi connectivity index (χ0n) is 18.5. The highest BCUT2D eigenvalue weighted by atomic mass is 32.2. The van der Waals surface area contributed by atoms with E-state index in [0.29, 0.717) is 45.1 Å². The van der Waals surface area contributed by atoms with E-state index in [4.69, 9.17) is 16.6 Å². The number of nitrogens with zero attached hydrogens (tertiary/aromatic N) is 3. The fourth-order valence-electron chi connectivity index (χ4n) is 3.65. The first-order chi connectivity index (χ1) is 16.1. The van der Waals surface area contributed by atoms with Crippen LogP contribution in [-0.2, 0) is 11.3 Å². The number of carbonyl (C=O) groups is 1. The molecule has 1 amide bonds. The first-order valence-corrected chi connectivity index (χ1v) is 12.3. The zero-order chi connectivity index (χ0) is 23.2. The second-order valence-corrected chi connectivity index (χ2v) is 9.46. The smallest absolute Gasteiger partial charge is 0.267 e. The van der Waals surface area contributed by atoms with E-state index in [-0.39, 0.29) is 11.5 Å². The molecule has 172 valence electrons. The van der Waals surface area contributed by atoms with Gasteiger partial charge in [0.1, 0.15) is 21.5 Å². The normalized spacial score (nSPS) is 15.2. The van der Waals surface area contributed by atoms with Crippen molar-refractivity contribution in [3.05, 3.63) is 69.4 Å². The van der Waals surface area contributed by atoms with Crippen LogP contribution in [0.1, 0.15) is 50.4 Å². The van der Waals surface area contributed by atoms with Crippen LogP contribution >= 0.6 is 24.0 Å². The lowest BCUT2D eigenvalue weighted by Crippen LogP contribution is -2.29. The van der Waals surface area contributed by atoms with Crippen molar-refractivity contribution in [2.75, 3.05) is 11.9 Å². The van der Waals surface area contributed by atoms with E-state index in [2.05, 4.69) is 17.2 Å². The van der Waals surface area contributed by atoms with E-state index in [0.717, 1.165) is 19.3 Å². The summed E-state index contributed by atoms with van der Waals surface area (Å²) < 4.78 is 7.38. The third kappa shape index (κ3) is 5.36. The number of fused-ring (bicyclic) bond motifs is 1. The lowest BCUT2D eigenvalue weighted by molar-refractivity contribution is -0.122. The molecule has 0 bridgehead atoms. The topological polar surface area (TPSA) is 79.8 Å². The highest BCUT2D eigenvalue weighted by Gasteiger charge is 2.32. The summed E-state index contributed by atoms with van der Waals surface area (Å²) >= 11 is 6.69. The van der Waals surface area contributed by atoms with Crippen molar-refractivity contribution in [2.24, 2.45) is 0 Å². The largest absolute Gasteiger partial charge is 0.467 e. The molecule has 0 atom stereocenters. The van der Waals surface area contributed by atoms with Gasteiger partial charge in [0.05, 0.1) is 23.3 Å². The van der Waals surface area contributed by atoms with Crippen molar-refractivity contribution in [3.63, 3.8) is 0 Å². The van der Waals surface area contributed by atoms with Crippen LogP contribution in [0, 0.1) is 0 Å². The van der Waals surface area contributed by atoms with E-state index < -0.39 is 0 Å². The monoisotopic (exact) mass is 482 g/mol. The van der Waals surface area contributed by atoms with Gasteiger partial charge >= 0.3 is 0 Å². The van der Waals surface area contributed by atoms with Gasteiger partial charge in [0.2, 0.25) is 0 Å². The SMILES string of the molecule is CCCCCCCN1C(=O)/C(=C\c2c(NCc3ccco3)nc3ccccn3c2=O)SC1=S. The van der Waals surface area contributed by atoms with Crippen LogP contribution < -0.4 is 10.9 Å². The number of pyridine rings is 1. The quantitative estimate of drug-likeness (QED) is 0.245. The van der Waals surface area contributed by atoms with E-state index in [1.165, 1.54) is 29.0 Å². The van der Waals surface area contributed by atoms with E-state index in [1.807, 2.05) is 12.1 Å². The number of amides is 1. The molecule has 1 aliphatic rings. The Morgan fingerprint density at radius 3 is 2.79 bits per heavy atom. The third-order valence-corrected chi connectivity index (χ3v) is 6.79. The number of anilines is 1. The summed E-state index contributed by atoms with van der Waals surface area (Å²) in [6, 6.07) is 9.00. The Labute approximate surface area is 201 Å². The number of hydrogen-bond acceptors (Lipinski definition) is 7. The summed E-state index contributed by atoms with van der Waals surface area (Å²) in [5, 5.41) is 3.18. The van der Waals surface area contributed by atoms with Crippen LogP contribution in [0.25, 0.3) is 11.7 Å². The molecule has 3 aromatic rings. The first-order valence-electron chi connectivity index (χ1n) is 11.1. The van der Waals surface area contributed by atoms with Gasteiger partial charge in [0.25, 0.3) is 11.5 Å².